The second kappa shape index (κ2) is 7.67. The van der Waals surface area contributed by atoms with Crippen molar-refractivity contribution >= 4 is 6.16 Å². The van der Waals surface area contributed by atoms with E-state index in [1.807, 2.05) is 0 Å². The molecular weight excluding hydrogens is 366 g/mol. The maximum atomic E-state index is 12.2. The van der Waals surface area contributed by atoms with Gasteiger partial charge in [0.15, 0.2) is 0 Å². The Bertz CT molecular complexity index is 670. The molecule has 0 saturated heterocycles. The van der Waals surface area contributed by atoms with E-state index >= 15 is 0 Å². The molecule has 2 aromatic carbocycles. The van der Waals surface area contributed by atoms with Crippen molar-refractivity contribution in [3.8, 4) is 11.5 Å². The van der Waals surface area contributed by atoms with Gasteiger partial charge in [-0.3, -0.25) is 0 Å². The van der Waals surface area contributed by atoms with Crippen LogP contribution in [-0.2, 0) is 12.8 Å². The van der Waals surface area contributed by atoms with E-state index in [4.69, 9.17) is 9.47 Å². The van der Waals surface area contributed by atoms with Gasteiger partial charge in [-0.25, -0.2) is 4.79 Å². The average molecular weight is 378 g/mol. The SMILES string of the molecule is O=C(Oc1ccc(CC(F)(F)F)cc1)Oc1ccc(CC(F)(F)F)cc1. The first kappa shape index (κ1) is 19.6. The zero-order valence-corrected chi connectivity index (χ0v) is 13.0. The third kappa shape index (κ3) is 7.04. The van der Waals surface area contributed by atoms with Crippen molar-refractivity contribution in [2.45, 2.75) is 25.2 Å². The van der Waals surface area contributed by atoms with Crippen LogP contribution >= 0.6 is 0 Å². The van der Waals surface area contributed by atoms with E-state index in [1.165, 1.54) is 24.3 Å². The predicted molar refractivity (Wildman–Crippen MR) is 79.1 cm³/mol. The van der Waals surface area contributed by atoms with Gasteiger partial charge in [0, 0.05) is 0 Å². The van der Waals surface area contributed by atoms with Crippen LogP contribution < -0.4 is 9.47 Å². The molecule has 0 aliphatic heterocycles. The minimum Gasteiger partial charge on any atom is -0.395 e. The lowest BCUT2D eigenvalue weighted by Crippen LogP contribution is -2.14. The number of benzene rings is 2. The van der Waals surface area contributed by atoms with Crippen LogP contribution in [0.5, 0.6) is 11.5 Å². The molecule has 0 atom stereocenters. The highest BCUT2D eigenvalue weighted by molar-refractivity contribution is 5.67. The molecule has 0 saturated carbocycles. The lowest BCUT2D eigenvalue weighted by molar-refractivity contribution is -0.128. The van der Waals surface area contributed by atoms with Crippen LogP contribution in [0.4, 0.5) is 31.1 Å². The molecule has 0 bridgehead atoms. The summed E-state index contributed by atoms with van der Waals surface area (Å²) in [6.45, 7) is 0. The van der Waals surface area contributed by atoms with Crippen LogP contribution in [-0.4, -0.2) is 18.5 Å². The molecule has 2 rings (SSSR count). The molecule has 26 heavy (non-hydrogen) atoms. The molecular formula is C17H12F6O3. The van der Waals surface area contributed by atoms with Crippen molar-refractivity contribution in [1.29, 1.82) is 0 Å². The summed E-state index contributed by atoms with van der Waals surface area (Å²) >= 11 is 0. The van der Waals surface area contributed by atoms with Crippen LogP contribution in [0.15, 0.2) is 48.5 Å². The molecule has 0 aliphatic rings. The summed E-state index contributed by atoms with van der Waals surface area (Å²) in [4.78, 5) is 11.6. The Morgan fingerprint density at radius 1 is 0.654 bits per heavy atom. The standard InChI is InChI=1S/C17H12F6O3/c18-16(19,20)9-11-1-5-13(6-2-11)25-15(24)26-14-7-3-12(4-8-14)10-17(21,22)23/h1-8H,9-10H2. The summed E-state index contributed by atoms with van der Waals surface area (Å²) in [5.41, 5.74) is -0.00283. The Labute approximate surface area is 144 Å². The van der Waals surface area contributed by atoms with Gasteiger partial charge in [0.25, 0.3) is 0 Å². The maximum absolute atomic E-state index is 12.2. The fourth-order valence-electron chi connectivity index (χ4n) is 2.03. The van der Waals surface area contributed by atoms with Gasteiger partial charge < -0.3 is 9.47 Å². The third-order valence-electron chi connectivity index (χ3n) is 3.06. The molecule has 0 aliphatic carbocycles. The van der Waals surface area contributed by atoms with Crippen molar-refractivity contribution in [1.82, 2.24) is 0 Å². The highest BCUT2D eigenvalue weighted by atomic mass is 19.4. The third-order valence-corrected chi connectivity index (χ3v) is 3.06. The fraction of sp³-hybridized carbons (Fsp3) is 0.235. The number of alkyl halides is 6. The summed E-state index contributed by atoms with van der Waals surface area (Å²) in [6, 6.07) is 9.32. The molecule has 0 spiro atoms. The van der Waals surface area contributed by atoms with Crippen molar-refractivity contribution < 1.29 is 40.6 Å². The Morgan fingerprint density at radius 2 is 0.962 bits per heavy atom. The highest BCUT2D eigenvalue weighted by Gasteiger charge is 2.28. The Balaban J connectivity index is 1.90. The van der Waals surface area contributed by atoms with Gasteiger partial charge >= 0.3 is 18.5 Å². The molecule has 0 amide bonds. The summed E-state index contributed by atoms with van der Waals surface area (Å²) in [7, 11) is 0. The van der Waals surface area contributed by atoms with E-state index in [1.54, 1.807) is 0 Å². The molecule has 0 aromatic heterocycles. The first-order valence-corrected chi connectivity index (χ1v) is 7.21. The van der Waals surface area contributed by atoms with E-state index < -0.39 is 31.3 Å². The van der Waals surface area contributed by atoms with Crippen LogP contribution in [0.3, 0.4) is 0 Å². The molecule has 0 unspecified atom stereocenters. The number of carbonyl (C=O) groups is 1. The number of halogens is 6. The van der Waals surface area contributed by atoms with E-state index in [-0.39, 0.29) is 22.6 Å². The van der Waals surface area contributed by atoms with E-state index in [0.29, 0.717) is 0 Å². The van der Waals surface area contributed by atoms with Crippen LogP contribution in [0.1, 0.15) is 11.1 Å². The lowest BCUT2D eigenvalue weighted by Gasteiger charge is -2.09. The molecule has 0 radical (unpaired) electrons. The van der Waals surface area contributed by atoms with Crippen LogP contribution in [0.25, 0.3) is 0 Å². The van der Waals surface area contributed by atoms with Crippen molar-refractivity contribution in [3.63, 3.8) is 0 Å². The maximum Gasteiger partial charge on any atom is 0.519 e. The predicted octanol–water partition coefficient (Wildman–Crippen LogP) is 5.47. The molecule has 0 fully saturated rings. The number of rotatable bonds is 4. The Hall–Kier alpha value is -2.71. The molecule has 9 heteroatoms. The lowest BCUT2D eigenvalue weighted by atomic mass is 10.1. The van der Waals surface area contributed by atoms with Crippen LogP contribution in [0, 0.1) is 0 Å². The largest absolute Gasteiger partial charge is 0.519 e. The Kier molecular flexibility index (Phi) is 5.79. The van der Waals surface area contributed by atoms with E-state index in [0.717, 1.165) is 24.3 Å². The monoisotopic (exact) mass is 378 g/mol. The van der Waals surface area contributed by atoms with Crippen molar-refractivity contribution in [3.05, 3.63) is 59.7 Å². The first-order chi connectivity index (χ1) is 12.0. The molecule has 140 valence electrons. The van der Waals surface area contributed by atoms with Crippen molar-refractivity contribution in [2.75, 3.05) is 0 Å². The van der Waals surface area contributed by atoms with Gasteiger partial charge in [0.2, 0.25) is 0 Å². The minimum absolute atomic E-state index is 0.00142. The smallest absolute Gasteiger partial charge is 0.395 e. The minimum atomic E-state index is -4.35. The fourth-order valence-corrected chi connectivity index (χ4v) is 2.03. The van der Waals surface area contributed by atoms with E-state index in [2.05, 4.69) is 0 Å². The van der Waals surface area contributed by atoms with Gasteiger partial charge in [-0.05, 0) is 35.4 Å². The summed E-state index contributed by atoms with van der Waals surface area (Å²) in [5.74, 6) is -0.0655. The zero-order valence-electron chi connectivity index (χ0n) is 13.0. The van der Waals surface area contributed by atoms with Gasteiger partial charge in [0.1, 0.15) is 11.5 Å². The normalized spacial score (nSPS) is 11.9. The number of carbonyl (C=O) groups excluding carboxylic acids is 1. The molecule has 0 N–H and O–H groups in total. The summed E-state index contributed by atoms with van der Waals surface area (Å²) in [6.07, 6.45) is -12.1. The Morgan fingerprint density at radius 3 is 1.23 bits per heavy atom. The quantitative estimate of drug-likeness (QED) is 0.402. The van der Waals surface area contributed by atoms with Gasteiger partial charge in [-0.2, -0.15) is 26.3 Å². The topological polar surface area (TPSA) is 35.5 Å². The summed E-state index contributed by atoms with van der Waals surface area (Å²) < 4.78 is 83.1. The zero-order chi connectivity index (χ0) is 19.4. The molecule has 0 heterocycles. The van der Waals surface area contributed by atoms with Crippen LogP contribution in [0.2, 0.25) is 0 Å². The number of ether oxygens (including phenoxy) is 2. The second-order valence-electron chi connectivity index (χ2n) is 5.33. The summed E-state index contributed by atoms with van der Waals surface area (Å²) in [5, 5.41) is 0. The molecule has 2 aromatic rings. The van der Waals surface area contributed by atoms with E-state index in [9.17, 15) is 31.1 Å². The number of hydrogen-bond donors (Lipinski definition) is 0. The average Bonchev–Trinajstić information content (AvgIpc) is 2.48. The first-order valence-electron chi connectivity index (χ1n) is 7.21. The highest BCUT2D eigenvalue weighted by Crippen LogP contribution is 2.24. The van der Waals surface area contributed by atoms with Crippen molar-refractivity contribution in [2.24, 2.45) is 0 Å². The van der Waals surface area contributed by atoms with Gasteiger partial charge in [0.05, 0.1) is 12.8 Å². The molecule has 3 nitrogen and oxygen atoms in total. The number of hydrogen-bond acceptors (Lipinski definition) is 3. The second-order valence-corrected chi connectivity index (χ2v) is 5.33. The van der Waals surface area contributed by atoms with Gasteiger partial charge in [-0.15, -0.1) is 0 Å². The van der Waals surface area contributed by atoms with Gasteiger partial charge in [-0.1, -0.05) is 24.3 Å².